The highest BCUT2D eigenvalue weighted by atomic mass is 16.5. The van der Waals surface area contributed by atoms with Crippen LogP contribution < -0.4 is 0 Å². The zero-order valence-corrected chi connectivity index (χ0v) is 13.1. The summed E-state index contributed by atoms with van der Waals surface area (Å²) < 4.78 is 5.44. The Morgan fingerprint density at radius 2 is 2.00 bits per heavy atom. The minimum absolute atomic E-state index is 0.275. The van der Waals surface area contributed by atoms with Crippen molar-refractivity contribution in [3.05, 3.63) is 29.3 Å². The van der Waals surface area contributed by atoms with E-state index in [2.05, 4.69) is 28.9 Å². The Hall–Kier alpha value is -1.10. The lowest BCUT2D eigenvalue weighted by Crippen LogP contribution is -2.44. The highest BCUT2D eigenvalue weighted by Crippen LogP contribution is 2.32. The molecule has 0 aromatic heterocycles. The van der Waals surface area contributed by atoms with Gasteiger partial charge in [0.1, 0.15) is 5.75 Å². The standard InChI is InChI=1S/C17H26N2O2/c1-13-3-4-16(17(20)11-13)14(2)19-6-5-15(12-19)18-7-9-21-10-8-18/h3-4,11,14-15,20H,5-10,12H2,1-2H3. The Bertz CT molecular complexity index is 486. The predicted molar refractivity (Wildman–Crippen MR) is 83.6 cm³/mol. The lowest BCUT2D eigenvalue weighted by atomic mass is 10.0. The Morgan fingerprint density at radius 1 is 1.24 bits per heavy atom. The monoisotopic (exact) mass is 290 g/mol. The Balaban J connectivity index is 1.64. The van der Waals surface area contributed by atoms with Crippen LogP contribution in [0.5, 0.6) is 5.75 Å². The molecule has 0 amide bonds. The summed E-state index contributed by atoms with van der Waals surface area (Å²) in [5, 5.41) is 10.2. The minimum Gasteiger partial charge on any atom is -0.508 e. The van der Waals surface area contributed by atoms with E-state index in [-0.39, 0.29) is 6.04 Å². The molecule has 0 aliphatic carbocycles. The molecule has 2 aliphatic rings. The highest BCUT2D eigenvalue weighted by molar-refractivity contribution is 5.38. The zero-order valence-electron chi connectivity index (χ0n) is 13.1. The van der Waals surface area contributed by atoms with E-state index in [9.17, 15) is 5.11 Å². The van der Waals surface area contributed by atoms with Gasteiger partial charge in [-0.3, -0.25) is 9.80 Å². The first-order valence-electron chi connectivity index (χ1n) is 8.00. The number of ether oxygens (including phenoxy) is 1. The van der Waals surface area contributed by atoms with E-state index >= 15 is 0 Å². The summed E-state index contributed by atoms with van der Waals surface area (Å²) in [7, 11) is 0. The van der Waals surface area contributed by atoms with Gasteiger partial charge in [0.2, 0.25) is 0 Å². The van der Waals surface area contributed by atoms with E-state index in [1.54, 1.807) is 0 Å². The Kier molecular flexibility index (Phi) is 4.48. The second-order valence-corrected chi connectivity index (χ2v) is 6.32. The maximum atomic E-state index is 10.2. The van der Waals surface area contributed by atoms with E-state index in [1.165, 1.54) is 6.42 Å². The van der Waals surface area contributed by atoms with Crippen molar-refractivity contribution >= 4 is 0 Å². The number of hydrogen-bond acceptors (Lipinski definition) is 4. The Labute approximate surface area is 127 Å². The summed E-state index contributed by atoms with van der Waals surface area (Å²) in [6.45, 7) is 10.3. The molecule has 116 valence electrons. The third-order valence-corrected chi connectivity index (χ3v) is 4.94. The molecule has 0 saturated carbocycles. The van der Waals surface area contributed by atoms with E-state index in [0.717, 1.165) is 50.5 Å². The van der Waals surface area contributed by atoms with Crippen LogP contribution in [0.3, 0.4) is 0 Å². The topological polar surface area (TPSA) is 35.9 Å². The molecule has 0 spiro atoms. The fourth-order valence-corrected chi connectivity index (χ4v) is 3.56. The minimum atomic E-state index is 0.275. The SMILES string of the molecule is Cc1ccc(C(C)N2CCC(N3CCOCC3)C2)c(O)c1. The normalized spacial score (nSPS) is 26.1. The van der Waals surface area contributed by atoms with Gasteiger partial charge in [-0.05, 0) is 31.9 Å². The lowest BCUT2D eigenvalue weighted by Gasteiger charge is -2.33. The molecule has 3 rings (SSSR count). The van der Waals surface area contributed by atoms with Crippen molar-refractivity contribution in [1.29, 1.82) is 0 Å². The third-order valence-electron chi connectivity index (χ3n) is 4.94. The molecule has 0 bridgehead atoms. The largest absolute Gasteiger partial charge is 0.508 e. The lowest BCUT2D eigenvalue weighted by molar-refractivity contribution is 0.0177. The van der Waals surface area contributed by atoms with Crippen LogP contribution in [-0.4, -0.2) is 60.3 Å². The zero-order chi connectivity index (χ0) is 14.8. The first-order chi connectivity index (χ1) is 10.1. The van der Waals surface area contributed by atoms with Crippen LogP contribution in [0.25, 0.3) is 0 Å². The molecule has 2 atom stereocenters. The van der Waals surface area contributed by atoms with Crippen molar-refractivity contribution in [3.8, 4) is 5.75 Å². The maximum Gasteiger partial charge on any atom is 0.120 e. The summed E-state index contributed by atoms with van der Waals surface area (Å²) in [6, 6.07) is 6.93. The van der Waals surface area contributed by atoms with Crippen molar-refractivity contribution in [2.75, 3.05) is 39.4 Å². The van der Waals surface area contributed by atoms with Crippen LogP contribution in [0.1, 0.15) is 30.5 Å². The van der Waals surface area contributed by atoms with Crippen LogP contribution in [0.15, 0.2) is 18.2 Å². The second-order valence-electron chi connectivity index (χ2n) is 6.32. The van der Waals surface area contributed by atoms with Crippen LogP contribution in [-0.2, 0) is 4.74 Å². The molecule has 0 radical (unpaired) electrons. The molecule has 4 nitrogen and oxygen atoms in total. The van der Waals surface area contributed by atoms with Gasteiger partial charge < -0.3 is 9.84 Å². The van der Waals surface area contributed by atoms with Gasteiger partial charge in [-0.15, -0.1) is 0 Å². The number of aromatic hydroxyl groups is 1. The summed E-state index contributed by atoms with van der Waals surface area (Å²) >= 11 is 0. The molecule has 21 heavy (non-hydrogen) atoms. The number of aryl methyl sites for hydroxylation is 1. The van der Waals surface area contributed by atoms with Gasteiger partial charge >= 0.3 is 0 Å². The number of phenolic OH excluding ortho intramolecular Hbond substituents is 1. The molecular formula is C17H26N2O2. The maximum absolute atomic E-state index is 10.2. The van der Waals surface area contributed by atoms with Crippen LogP contribution >= 0.6 is 0 Å². The number of benzene rings is 1. The molecule has 2 fully saturated rings. The van der Waals surface area contributed by atoms with E-state index in [0.29, 0.717) is 11.8 Å². The van der Waals surface area contributed by atoms with Gasteiger partial charge in [0.25, 0.3) is 0 Å². The number of hydrogen-bond donors (Lipinski definition) is 1. The van der Waals surface area contributed by atoms with Crippen LogP contribution in [0.2, 0.25) is 0 Å². The van der Waals surface area contributed by atoms with E-state index in [4.69, 9.17) is 4.74 Å². The second kappa shape index (κ2) is 6.34. The number of likely N-dealkylation sites (tertiary alicyclic amines) is 1. The highest BCUT2D eigenvalue weighted by Gasteiger charge is 2.31. The molecule has 1 aromatic carbocycles. The van der Waals surface area contributed by atoms with E-state index < -0.39 is 0 Å². The quantitative estimate of drug-likeness (QED) is 0.925. The summed E-state index contributed by atoms with van der Waals surface area (Å²) in [5.41, 5.74) is 2.15. The predicted octanol–water partition coefficient (Wildman–Crippen LogP) is 2.17. The van der Waals surface area contributed by atoms with Gasteiger partial charge in [0, 0.05) is 43.8 Å². The fourth-order valence-electron chi connectivity index (χ4n) is 3.56. The molecule has 2 unspecified atom stereocenters. The van der Waals surface area contributed by atoms with E-state index in [1.807, 2.05) is 13.0 Å². The molecule has 4 heteroatoms. The van der Waals surface area contributed by atoms with Crippen LogP contribution in [0, 0.1) is 6.92 Å². The number of phenols is 1. The Morgan fingerprint density at radius 3 is 2.71 bits per heavy atom. The van der Waals surface area contributed by atoms with Crippen LogP contribution in [0.4, 0.5) is 0 Å². The van der Waals surface area contributed by atoms with Gasteiger partial charge in [0.15, 0.2) is 0 Å². The van der Waals surface area contributed by atoms with Gasteiger partial charge in [-0.1, -0.05) is 12.1 Å². The number of morpholine rings is 1. The molecule has 2 heterocycles. The molecule has 2 aliphatic heterocycles. The first kappa shape index (κ1) is 14.8. The van der Waals surface area contributed by atoms with Gasteiger partial charge in [-0.25, -0.2) is 0 Å². The molecule has 1 N–H and O–H groups in total. The smallest absolute Gasteiger partial charge is 0.120 e. The average molecular weight is 290 g/mol. The summed E-state index contributed by atoms with van der Waals surface area (Å²) in [4.78, 5) is 5.05. The van der Waals surface area contributed by atoms with Crippen molar-refractivity contribution in [2.45, 2.75) is 32.4 Å². The van der Waals surface area contributed by atoms with Gasteiger partial charge in [0.05, 0.1) is 13.2 Å². The molecular weight excluding hydrogens is 264 g/mol. The summed E-state index contributed by atoms with van der Waals surface area (Å²) in [5.74, 6) is 0.428. The van der Waals surface area contributed by atoms with Crippen molar-refractivity contribution in [3.63, 3.8) is 0 Å². The third kappa shape index (κ3) is 3.23. The fraction of sp³-hybridized carbons (Fsp3) is 0.647. The van der Waals surface area contributed by atoms with Crippen molar-refractivity contribution in [2.24, 2.45) is 0 Å². The number of nitrogens with zero attached hydrogens (tertiary/aromatic N) is 2. The first-order valence-corrected chi connectivity index (χ1v) is 8.00. The summed E-state index contributed by atoms with van der Waals surface area (Å²) in [6.07, 6.45) is 1.22. The van der Waals surface area contributed by atoms with Crippen molar-refractivity contribution < 1.29 is 9.84 Å². The molecule has 1 aromatic rings. The number of rotatable bonds is 3. The van der Waals surface area contributed by atoms with Gasteiger partial charge in [-0.2, -0.15) is 0 Å². The average Bonchev–Trinajstić information content (AvgIpc) is 2.97. The van der Waals surface area contributed by atoms with Crippen molar-refractivity contribution in [1.82, 2.24) is 9.80 Å². The molecule has 2 saturated heterocycles.